The predicted octanol–water partition coefficient (Wildman–Crippen LogP) is 2.74. The summed E-state index contributed by atoms with van der Waals surface area (Å²) >= 11 is 5.62. The maximum atomic E-state index is 12.9. The van der Waals surface area contributed by atoms with Gasteiger partial charge in [0.1, 0.15) is 17.5 Å². The summed E-state index contributed by atoms with van der Waals surface area (Å²) in [4.78, 5) is 14.9. The third-order valence-electron chi connectivity index (χ3n) is 2.31. The summed E-state index contributed by atoms with van der Waals surface area (Å²) in [6.07, 6.45) is -3.20. The molecule has 0 aromatic carbocycles. The highest BCUT2D eigenvalue weighted by Crippen LogP contribution is 2.24. The van der Waals surface area contributed by atoms with Crippen molar-refractivity contribution in [2.45, 2.75) is 25.7 Å². The Morgan fingerprint density at radius 2 is 2.26 bits per heavy atom. The lowest BCUT2D eigenvalue weighted by Gasteiger charge is -2.10. The van der Waals surface area contributed by atoms with E-state index in [1.165, 1.54) is 6.07 Å². The van der Waals surface area contributed by atoms with E-state index in [9.17, 15) is 13.6 Å². The molecule has 0 atom stereocenters. The van der Waals surface area contributed by atoms with Crippen molar-refractivity contribution in [1.82, 2.24) is 4.98 Å². The topological polar surface area (TPSA) is 63.0 Å². The largest absolute Gasteiger partial charge is 0.466 e. The summed E-state index contributed by atoms with van der Waals surface area (Å²) < 4.78 is 30.4. The van der Waals surface area contributed by atoms with Crippen molar-refractivity contribution in [2.24, 2.45) is 0 Å². The van der Waals surface area contributed by atoms with Crippen LogP contribution in [0.4, 0.5) is 8.78 Å². The van der Waals surface area contributed by atoms with Gasteiger partial charge in [0.25, 0.3) is 6.43 Å². The molecule has 0 saturated heterocycles. The predicted molar refractivity (Wildman–Crippen MR) is 63.8 cm³/mol. The van der Waals surface area contributed by atoms with E-state index in [0.717, 1.165) is 0 Å². The minimum Gasteiger partial charge on any atom is -0.466 e. The molecule has 0 bridgehead atoms. The van der Waals surface area contributed by atoms with Gasteiger partial charge in [-0.1, -0.05) is 0 Å². The lowest BCUT2D eigenvalue weighted by Crippen LogP contribution is -2.12. The molecule has 0 spiro atoms. The maximum absolute atomic E-state index is 12.9. The normalized spacial score (nSPS) is 10.3. The van der Waals surface area contributed by atoms with E-state index in [1.54, 1.807) is 13.0 Å². The highest BCUT2D eigenvalue weighted by atomic mass is 35.5. The molecular formula is C12H11ClF2N2O2. The average molecular weight is 289 g/mol. The maximum Gasteiger partial charge on any atom is 0.310 e. The highest BCUT2D eigenvalue weighted by molar-refractivity contribution is 6.17. The Balaban J connectivity index is 3.20. The second-order valence-electron chi connectivity index (χ2n) is 3.57. The lowest BCUT2D eigenvalue weighted by atomic mass is 10.1. The van der Waals surface area contributed by atoms with Crippen LogP contribution in [0.1, 0.15) is 35.9 Å². The zero-order chi connectivity index (χ0) is 14.4. The van der Waals surface area contributed by atoms with Gasteiger partial charge < -0.3 is 4.74 Å². The number of nitrogens with zero attached hydrogens (tertiary/aromatic N) is 2. The Morgan fingerprint density at radius 1 is 1.58 bits per heavy atom. The first kappa shape index (κ1) is 15.3. The number of carbonyl (C=O) groups excluding carboxylic acids is 1. The number of hydrogen-bond acceptors (Lipinski definition) is 4. The van der Waals surface area contributed by atoms with Gasteiger partial charge in [0.2, 0.25) is 0 Å². The smallest absolute Gasteiger partial charge is 0.310 e. The summed E-state index contributed by atoms with van der Waals surface area (Å²) in [7, 11) is 0. The molecule has 0 fully saturated rings. The third-order valence-corrected chi connectivity index (χ3v) is 2.60. The van der Waals surface area contributed by atoms with Crippen LogP contribution in [0.5, 0.6) is 0 Å². The average Bonchev–Trinajstić information content (AvgIpc) is 2.38. The molecule has 0 saturated carbocycles. The molecule has 1 rings (SSSR count). The molecule has 0 aliphatic carbocycles. The molecule has 1 aromatic heterocycles. The fraction of sp³-hybridized carbons (Fsp3) is 0.417. The molecule has 102 valence electrons. The number of esters is 1. The van der Waals surface area contributed by atoms with Gasteiger partial charge in [-0.25, -0.2) is 13.8 Å². The van der Waals surface area contributed by atoms with E-state index >= 15 is 0 Å². The Morgan fingerprint density at radius 3 is 2.74 bits per heavy atom. The van der Waals surface area contributed by atoms with E-state index in [4.69, 9.17) is 21.6 Å². The summed E-state index contributed by atoms with van der Waals surface area (Å²) in [6.45, 7) is 1.78. The first-order chi connectivity index (χ1) is 9.03. The number of nitriles is 1. The van der Waals surface area contributed by atoms with Crippen molar-refractivity contribution in [2.75, 3.05) is 6.61 Å². The van der Waals surface area contributed by atoms with Crippen LogP contribution < -0.4 is 0 Å². The number of pyridine rings is 1. The first-order valence-electron chi connectivity index (χ1n) is 5.46. The number of hydrogen-bond donors (Lipinski definition) is 0. The second-order valence-corrected chi connectivity index (χ2v) is 3.84. The Bertz CT molecular complexity index is 515. The molecular weight excluding hydrogens is 278 g/mol. The second kappa shape index (κ2) is 7.00. The van der Waals surface area contributed by atoms with E-state index < -0.39 is 18.1 Å². The minimum absolute atomic E-state index is 0.0306. The van der Waals surface area contributed by atoms with Crippen LogP contribution in [-0.2, 0) is 21.8 Å². The molecule has 0 aliphatic heterocycles. The van der Waals surface area contributed by atoms with Crippen molar-refractivity contribution in [3.63, 3.8) is 0 Å². The highest BCUT2D eigenvalue weighted by Gasteiger charge is 2.20. The monoisotopic (exact) mass is 288 g/mol. The van der Waals surface area contributed by atoms with Crippen LogP contribution in [0.2, 0.25) is 0 Å². The number of alkyl halides is 3. The first-order valence-corrected chi connectivity index (χ1v) is 5.99. The van der Waals surface area contributed by atoms with Crippen LogP contribution in [0, 0.1) is 11.3 Å². The van der Waals surface area contributed by atoms with Crippen LogP contribution in [0.3, 0.4) is 0 Å². The van der Waals surface area contributed by atoms with Crippen molar-refractivity contribution in [3.8, 4) is 6.07 Å². The van der Waals surface area contributed by atoms with Gasteiger partial charge in [0, 0.05) is 5.56 Å². The summed E-state index contributed by atoms with van der Waals surface area (Å²) in [5, 5.41) is 8.81. The van der Waals surface area contributed by atoms with E-state index in [-0.39, 0.29) is 30.2 Å². The van der Waals surface area contributed by atoms with Crippen LogP contribution in [0.25, 0.3) is 0 Å². The van der Waals surface area contributed by atoms with E-state index in [0.29, 0.717) is 5.56 Å². The van der Waals surface area contributed by atoms with Crippen LogP contribution in [0.15, 0.2) is 6.07 Å². The Kier molecular flexibility index (Phi) is 5.64. The van der Waals surface area contributed by atoms with Gasteiger partial charge in [-0.2, -0.15) is 5.26 Å². The number of aromatic nitrogens is 1. The molecule has 1 aromatic rings. The molecule has 1 heterocycles. The van der Waals surface area contributed by atoms with Crippen molar-refractivity contribution in [3.05, 3.63) is 28.6 Å². The number of halogens is 3. The Labute approximate surface area is 114 Å². The minimum atomic E-state index is -2.87. The lowest BCUT2D eigenvalue weighted by molar-refractivity contribution is -0.142. The van der Waals surface area contributed by atoms with Crippen LogP contribution in [-0.4, -0.2) is 17.6 Å². The molecule has 0 aliphatic rings. The SMILES string of the molecule is CCOC(=O)Cc1cc(CCl)c(C#N)nc1C(F)F. The molecule has 0 radical (unpaired) electrons. The van der Waals surface area contributed by atoms with Gasteiger partial charge in [-0.3, -0.25) is 4.79 Å². The summed E-state index contributed by atoms with van der Waals surface area (Å²) in [5.74, 6) is -0.675. The van der Waals surface area contributed by atoms with Crippen LogP contribution >= 0.6 is 11.6 Å². The molecule has 7 heteroatoms. The quantitative estimate of drug-likeness (QED) is 0.617. The molecule has 19 heavy (non-hydrogen) atoms. The van der Waals surface area contributed by atoms with Crippen molar-refractivity contribution < 1.29 is 18.3 Å². The summed E-state index contributed by atoms with van der Waals surface area (Å²) in [5.41, 5.74) is -0.396. The van der Waals surface area contributed by atoms with Gasteiger partial charge in [0.05, 0.1) is 18.9 Å². The van der Waals surface area contributed by atoms with Crippen molar-refractivity contribution in [1.29, 1.82) is 5.26 Å². The van der Waals surface area contributed by atoms with E-state index in [1.807, 2.05) is 0 Å². The summed E-state index contributed by atoms with van der Waals surface area (Å²) in [6, 6.07) is 3.00. The van der Waals surface area contributed by atoms with Gasteiger partial charge in [-0.15, -0.1) is 11.6 Å². The van der Waals surface area contributed by atoms with Gasteiger partial charge >= 0.3 is 5.97 Å². The number of ether oxygens (including phenoxy) is 1. The van der Waals surface area contributed by atoms with E-state index in [2.05, 4.69) is 4.98 Å². The third kappa shape index (κ3) is 3.86. The van der Waals surface area contributed by atoms with Gasteiger partial charge in [0.15, 0.2) is 0 Å². The zero-order valence-electron chi connectivity index (χ0n) is 10.1. The standard InChI is InChI=1S/C12H11ClF2N2O2/c1-2-19-10(18)4-7-3-8(5-13)9(6-16)17-11(7)12(14)15/h3,12H,2,4-5H2,1H3. The number of rotatable bonds is 5. The zero-order valence-corrected chi connectivity index (χ0v) is 10.9. The van der Waals surface area contributed by atoms with Gasteiger partial charge in [-0.05, 0) is 18.6 Å². The number of carbonyl (C=O) groups is 1. The van der Waals surface area contributed by atoms with Crippen molar-refractivity contribution >= 4 is 17.6 Å². The molecule has 0 amide bonds. The molecule has 0 N–H and O–H groups in total. The molecule has 0 unspecified atom stereocenters. The fourth-order valence-electron chi connectivity index (χ4n) is 1.51. The molecule has 4 nitrogen and oxygen atoms in total. The fourth-order valence-corrected chi connectivity index (χ4v) is 1.72. The Hall–Kier alpha value is -1.74.